The predicted molar refractivity (Wildman–Crippen MR) is 275 cm³/mol. The van der Waals surface area contributed by atoms with Gasteiger partial charge in [-0.3, -0.25) is 0 Å². The molecule has 306 valence electrons. The highest BCUT2D eigenvalue weighted by Gasteiger charge is 2.17. The molecule has 4 nitrogen and oxygen atoms in total. The fourth-order valence-electron chi connectivity index (χ4n) is 9.82. The minimum Gasteiger partial charge on any atom is -0.228 e. The summed E-state index contributed by atoms with van der Waals surface area (Å²) in [6, 6.07) is 81.7. The fourth-order valence-corrected chi connectivity index (χ4v) is 9.82. The molecule has 0 spiro atoms. The second-order valence-electron chi connectivity index (χ2n) is 16.9. The molecule has 0 saturated carbocycles. The number of fused-ring (bicyclic) bond motifs is 8. The van der Waals surface area contributed by atoms with E-state index in [2.05, 4.69) is 218 Å². The van der Waals surface area contributed by atoms with Gasteiger partial charge in [-0.15, -0.1) is 0 Å². The summed E-state index contributed by atoms with van der Waals surface area (Å²) >= 11 is 0. The minimum absolute atomic E-state index is 0.689. The molecule has 0 aliphatic carbocycles. The van der Waals surface area contributed by atoms with Crippen molar-refractivity contribution in [2.24, 2.45) is 0 Å². The Labute approximate surface area is 381 Å². The van der Waals surface area contributed by atoms with Gasteiger partial charge in [-0.05, 0) is 89.6 Å². The molecule has 13 aromatic rings. The zero-order valence-electron chi connectivity index (χ0n) is 35.7. The number of para-hydroxylation sites is 2. The third-order valence-corrected chi connectivity index (χ3v) is 13.1. The Morgan fingerprint density at radius 2 is 0.515 bits per heavy atom. The molecule has 0 saturated heterocycles. The molecule has 2 aromatic heterocycles. The summed E-state index contributed by atoms with van der Waals surface area (Å²) in [5, 5.41) is 12.0. The summed E-state index contributed by atoms with van der Waals surface area (Å²) < 4.78 is 0. The summed E-state index contributed by atoms with van der Waals surface area (Å²) in [5.74, 6) is 1.38. The van der Waals surface area contributed by atoms with Crippen molar-refractivity contribution >= 4 is 64.9 Å². The van der Waals surface area contributed by atoms with Gasteiger partial charge in [0.15, 0.2) is 11.6 Å². The fraction of sp³-hybridized carbons (Fsp3) is 0. The van der Waals surface area contributed by atoms with Crippen molar-refractivity contribution in [3.8, 4) is 67.5 Å². The van der Waals surface area contributed by atoms with E-state index in [1.54, 1.807) is 0 Å². The Bertz CT molecular complexity index is 3760. The van der Waals surface area contributed by atoms with Crippen LogP contribution in [-0.2, 0) is 0 Å². The van der Waals surface area contributed by atoms with E-state index in [4.69, 9.17) is 19.9 Å². The van der Waals surface area contributed by atoms with E-state index in [-0.39, 0.29) is 0 Å². The summed E-state index contributed by atoms with van der Waals surface area (Å²) in [6.07, 6.45) is 0. The van der Waals surface area contributed by atoms with Gasteiger partial charge in [-0.1, -0.05) is 206 Å². The molecule has 0 amide bonds. The van der Waals surface area contributed by atoms with E-state index in [9.17, 15) is 0 Å². The van der Waals surface area contributed by atoms with Crippen molar-refractivity contribution < 1.29 is 0 Å². The van der Waals surface area contributed by atoms with E-state index in [1.165, 1.54) is 54.2 Å². The number of benzene rings is 11. The molecule has 0 atom stereocenters. The van der Waals surface area contributed by atoms with Crippen molar-refractivity contribution in [2.75, 3.05) is 0 Å². The maximum Gasteiger partial charge on any atom is 0.160 e. The molecule has 0 radical (unpaired) electrons. The SMILES string of the molecule is c1ccc2c(c1)cc(-c1ccc(-c3nc(-c4ccc(-c5nc(-c6ccc(-c7cc8ccccc8c8ccccc78)cc6)nc6ccccc56)cc4)c4ccccc4n3)cc1)c1ccccc12. The lowest BCUT2D eigenvalue weighted by molar-refractivity contribution is 1.22. The molecule has 4 heteroatoms. The van der Waals surface area contributed by atoms with Crippen LogP contribution in [0.25, 0.3) is 132 Å². The molecule has 11 aromatic carbocycles. The van der Waals surface area contributed by atoms with Gasteiger partial charge in [0.25, 0.3) is 0 Å². The number of hydrogen-bond acceptors (Lipinski definition) is 4. The van der Waals surface area contributed by atoms with Crippen LogP contribution in [0.1, 0.15) is 0 Å². The highest BCUT2D eigenvalue weighted by atomic mass is 14.9. The highest BCUT2D eigenvalue weighted by Crippen LogP contribution is 2.39. The Hall–Kier alpha value is -8.86. The van der Waals surface area contributed by atoms with Crippen LogP contribution < -0.4 is 0 Å². The number of rotatable bonds is 6. The van der Waals surface area contributed by atoms with Gasteiger partial charge in [0.1, 0.15) is 0 Å². The van der Waals surface area contributed by atoms with Crippen LogP contribution in [-0.4, -0.2) is 19.9 Å². The Kier molecular flexibility index (Phi) is 8.81. The van der Waals surface area contributed by atoms with E-state index in [1.807, 2.05) is 12.1 Å². The predicted octanol–water partition coefficient (Wildman–Crippen LogP) is 16.2. The summed E-state index contributed by atoms with van der Waals surface area (Å²) in [4.78, 5) is 20.7. The highest BCUT2D eigenvalue weighted by molar-refractivity contribution is 6.15. The molecular formula is C62H38N4. The van der Waals surface area contributed by atoms with Crippen LogP contribution >= 0.6 is 0 Å². The maximum atomic E-state index is 5.26. The second-order valence-corrected chi connectivity index (χ2v) is 16.9. The first kappa shape index (κ1) is 37.7. The number of nitrogens with zero attached hydrogens (tertiary/aromatic N) is 4. The topological polar surface area (TPSA) is 51.6 Å². The Morgan fingerprint density at radius 1 is 0.212 bits per heavy atom. The second kappa shape index (κ2) is 15.4. The maximum absolute atomic E-state index is 5.26. The zero-order chi connectivity index (χ0) is 43.6. The smallest absolute Gasteiger partial charge is 0.160 e. The van der Waals surface area contributed by atoms with E-state index < -0.39 is 0 Å². The lowest BCUT2D eigenvalue weighted by atomic mass is 9.93. The molecule has 66 heavy (non-hydrogen) atoms. The first-order valence-corrected chi connectivity index (χ1v) is 22.4. The van der Waals surface area contributed by atoms with Crippen LogP contribution in [0.15, 0.2) is 231 Å². The molecular weight excluding hydrogens is 801 g/mol. The molecule has 0 fully saturated rings. The van der Waals surface area contributed by atoms with Gasteiger partial charge >= 0.3 is 0 Å². The van der Waals surface area contributed by atoms with Crippen molar-refractivity contribution in [1.29, 1.82) is 0 Å². The van der Waals surface area contributed by atoms with Gasteiger partial charge in [-0.2, -0.15) is 0 Å². The van der Waals surface area contributed by atoms with Crippen LogP contribution in [0.2, 0.25) is 0 Å². The number of hydrogen-bond donors (Lipinski definition) is 0. The Balaban J connectivity index is 0.851. The van der Waals surface area contributed by atoms with Crippen molar-refractivity contribution in [3.63, 3.8) is 0 Å². The van der Waals surface area contributed by atoms with E-state index in [0.29, 0.717) is 11.6 Å². The Morgan fingerprint density at radius 3 is 0.924 bits per heavy atom. The first-order valence-electron chi connectivity index (χ1n) is 22.4. The standard InChI is InChI=1S/C62H38N4/c1-3-15-47-45(13-1)37-55(51-19-7-5-17-49(47)51)39-25-33-43(34-26-39)61-63-57-23-11-9-21-53(57)59(65-61)41-29-31-42(32-30-41)60-54-22-10-12-24-58(54)64-62(66-60)44-35-27-40(28-36-44)56-38-46-14-2-4-16-48(46)50-18-6-8-20-52(50)56/h1-38H. The molecule has 2 heterocycles. The average molecular weight is 839 g/mol. The van der Waals surface area contributed by atoms with Gasteiger partial charge in [-0.25, -0.2) is 19.9 Å². The lowest BCUT2D eigenvalue weighted by Crippen LogP contribution is -1.96. The largest absolute Gasteiger partial charge is 0.228 e. The van der Waals surface area contributed by atoms with Gasteiger partial charge in [0.2, 0.25) is 0 Å². The van der Waals surface area contributed by atoms with Crippen molar-refractivity contribution in [2.45, 2.75) is 0 Å². The third-order valence-electron chi connectivity index (χ3n) is 13.1. The average Bonchev–Trinajstić information content (AvgIpc) is 3.40. The monoisotopic (exact) mass is 838 g/mol. The van der Waals surface area contributed by atoms with Crippen molar-refractivity contribution in [3.05, 3.63) is 231 Å². The summed E-state index contributed by atoms with van der Waals surface area (Å²) in [7, 11) is 0. The van der Waals surface area contributed by atoms with Gasteiger partial charge < -0.3 is 0 Å². The van der Waals surface area contributed by atoms with Gasteiger partial charge in [0.05, 0.1) is 22.4 Å². The molecule has 0 bridgehead atoms. The number of aromatic nitrogens is 4. The first-order chi connectivity index (χ1) is 32.7. The van der Waals surface area contributed by atoms with Crippen LogP contribution in [0.3, 0.4) is 0 Å². The normalized spacial score (nSPS) is 11.6. The lowest BCUT2D eigenvalue weighted by Gasteiger charge is -2.13. The zero-order valence-corrected chi connectivity index (χ0v) is 35.7. The summed E-state index contributed by atoms with van der Waals surface area (Å²) in [5.41, 5.74) is 12.3. The van der Waals surface area contributed by atoms with E-state index >= 15 is 0 Å². The summed E-state index contributed by atoms with van der Waals surface area (Å²) in [6.45, 7) is 0. The van der Waals surface area contributed by atoms with E-state index in [0.717, 1.165) is 66.6 Å². The molecule has 0 aliphatic heterocycles. The van der Waals surface area contributed by atoms with Crippen LogP contribution in [0.4, 0.5) is 0 Å². The van der Waals surface area contributed by atoms with Gasteiger partial charge in [0, 0.05) is 33.0 Å². The molecule has 0 aliphatic rings. The molecule has 0 N–H and O–H groups in total. The van der Waals surface area contributed by atoms with Crippen molar-refractivity contribution in [1.82, 2.24) is 19.9 Å². The molecule has 0 unspecified atom stereocenters. The quantitative estimate of drug-likeness (QED) is 0.157. The van der Waals surface area contributed by atoms with Crippen LogP contribution in [0.5, 0.6) is 0 Å². The third kappa shape index (κ3) is 6.38. The minimum atomic E-state index is 0.689. The molecule has 13 rings (SSSR count). The van der Waals surface area contributed by atoms with Crippen LogP contribution in [0, 0.1) is 0 Å².